The first kappa shape index (κ1) is 15.4. The maximum Gasteiger partial charge on any atom is 0.261 e. The molecule has 0 unspecified atom stereocenters. The lowest BCUT2D eigenvalue weighted by atomic mass is 10.2. The first-order valence-electron chi connectivity index (χ1n) is 5.45. The maximum atomic E-state index is 11.3. The van der Waals surface area contributed by atoms with Gasteiger partial charge in [0.1, 0.15) is 11.5 Å². The van der Waals surface area contributed by atoms with Gasteiger partial charge >= 0.3 is 0 Å². The van der Waals surface area contributed by atoms with E-state index in [9.17, 15) is 8.42 Å². The zero-order valence-electron chi connectivity index (χ0n) is 10.2. The Morgan fingerprint density at radius 1 is 1.05 bits per heavy atom. The third kappa shape index (κ3) is 3.58. The van der Waals surface area contributed by atoms with Crippen LogP contribution in [0, 0.1) is 6.92 Å². The van der Waals surface area contributed by atoms with Crippen LogP contribution in [0.3, 0.4) is 0 Å². The number of aryl methyl sites for hydroxylation is 1. The maximum absolute atomic E-state index is 11.3. The molecule has 0 saturated heterocycles. The molecule has 0 spiro atoms. The fourth-order valence-electron chi connectivity index (χ4n) is 1.64. The Kier molecular flexibility index (Phi) is 4.49. The van der Waals surface area contributed by atoms with Crippen molar-refractivity contribution in [1.29, 1.82) is 0 Å². The number of ether oxygens (including phenoxy) is 1. The van der Waals surface area contributed by atoms with Gasteiger partial charge in [0.25, 0.3) is 9.05 Å². The van der Waals surface area contributed by atoms with E-state index in [1.165, 1.54) is 12.1 Å². The van der Waals surface area contributed by atoms with Gasteiger partial charge < -0.3 is 4.74 Å². The van der Waals surface area contributed by atoms with Crippen molar-refractivity contribution in [2.24, 2.45) is 0 Å². The quantitative estimate of drug-likeness (QED) is 0.729. The van der Waals surface area contributed by atoms with E-state index in [-0.39, 0.29) is 4.90 Å². The number of hydrogen-bond acceptors (Lipinski definition) is 3. The molecule has 0 aliphatic heterocycles. The molecule has 0 bridgehead atoms. The van der Waals surface area contributed by atoms with Crippen LogP contribution in [0.1, 0.15) is 5.56 Å². The predicted molar refractivity (Wildman–Crippen MR) is 80.8 cm³/mol. The molecular weight excluding hydrogens is 343 g/mol. The predicted octanol–water partition coefficient (Wildman–Crippen LogP) is 5.02. The normalized spacial score (nSPS) is 11.4. The van der Waals surface area contributed by atoms with E-state index >= 15 is 0 Å². The van der Waals surface area contributed by atoms with E-state index in [1.807, 2.05) is 0 Å². The first-order valence-corrected chi connectivity index (χ1v) is 8.52. The molecule has 20 heavy (non-hydrogen) atoms. The molecule has 0 radical (unpaired) electrons. The summed E-state index contributed by atoms with van der Waals surface area (Å²) in [5.41, 5.74) is 0.482. The van der Waals surface area contributed by atoms with Gasteiger partial charge in [-0.25, -0.2) is 8.42 Å². The van der Waals surface area contributed by atoms with Crippen molar-refractivity contribution in [2.75, 3.05) is 0 Å². The number of hydrogen-bond donors (Lipinski definition) is 0. The second-order valence-corrected chi connectivity index (χ2v) is 7.42. The summed E-state index contributed by atoms with van der Waals surface area (Å²) < 4.78 is 28.2. The van der Waals surface area contributed by atoms with Crippen LogP contribution in [0.25, 0.3) is 0 Å². The molecule has 106 valence electrons. The molecule has 0 amide bonds. The summed E-state index contributed by atoms with van der Waals surface area (Å²) in [6, 6.07) is 9.28. The van der Waals surface area contributed by atoms with Gasteiger partial charge in [-0.1, -0.05) is 23.2 Å². The van der Waals surface area contributed by atoms with Crippen molar-refractivity contribution in [3.05, 3.63) is 52.0 Å². The minimum atomic E-state index is -3.77. The SMILES string of the molecule is Cc1cc(Oc2cc(Cl)ccc2Cl)ccc1S(=O)(=O)Cl. The summed E-state index contributed by atoms with van der Waals surface area (Å²) in [6.45, 7) is 1.63. The monoisotopic (exact) mass is 350 g/mol. The molecule has 3 nitrogen and oxygen atoms in total. The van der Waals surface area contributed by atoms with Gasteiger partial charge in [0.05, 0.1) is 9.92 Å². The first-order chi connectivity index (χ1) is 9.27. The molecule has 0 heterocycles. The van der Waals surface area contributed by atoms with Crippen molar-refractivity contribution < 1.29 is 13.2 Å². The topological polar surface area (TPSA) is 43.4 Å². The Morgan fingerprint density at radius 2 is 1.75 bits per heavy atom. The van der Waals surface area contributed by atoms with Crippen LogP contribution in [0.5, 0.6) is 11.5 Å². The van der Waals surface area contributed by atoms with E-state index < -0.39 is 9.05 Å². The minimum Gasteiger partial charge on any atom is -0.456 e. The lowest BCUT2D eigenvalue weighted by molar-refractivity contribution is 0.482. The average Bonchev–Trinajstić information content (AvgIpc) is 2.32. The van der Waals surface area contributed by atoms with Crippen LogP contribution in [-0.2, 0) is 9.05 Å². The molecule has 0 aliphatic carbocycles. The van der Waals surface area contributed by atoms with Gasteiger partial charge in [0, 0.05) is 21.8 Å². The number of benzene rings is 2. The molecule has 7 heteroatoms. The molecule has 2 rings (SSSR count). The highest BCUT2D eigenvalue weighted by Gasteiger charge is 2.14. The van der Waals surface area contributed by atoms with E-state index in [2.05, 4.69) is 0 Å². The number of halogens is 3. The Labute approximate surface area is 131 Å². The van der Waals surface area contributed by atoms with E-state index in [0.29, 0.717) is 27.1 Å². The van der Waals surface area contributed by atoms with Crippen LogP contribution in [0.15, 0.2) is 41.3 Å². The smallest absolute Gasteiger partial charge is 0.261 e. The third-order valence-electron chi connectivity index (χ3n) is 2.53. The second-order valence-electron chi connectivity index (χ2n) is 4.04. The summed E-state index contributed by atoms with van der Waals surface area (Å²) in [4.78, 5) is 0.0451. The lowest BCUT2D eigenvalue weighted by Gasteiger charge is -2.10. The summed E-state index contributed by atoms with van der Waals surface area (Å²) in [7, 11) is 1.55. The molecule has 0 aromatic heterocycles. The highest BCUT2D eigenvalue weighted by atomic mass is 35.7. The Morgan fingerprint density at radius 3 is 2.35 bits per heavy atom. The second kappa shape index (κ2) is 5.82. The fourth-order valence-corrected chi connectivity index (χ4v) is 3.15. The Hall–Kier alpha value is -0.940. The molecule has 0 N–H and O–H groups in total. The summed E-state index contributed by atoms with van der Waals surface area (Å²) in [5.74, 6) is 0.829. The zero-order valence-corrected chi connectivity index (χ0v) is 13.3. The molecule has 2 aromatic rings. The Bertz CT molecular complexity index is 757. The highest BCUT2D eigenvalue weighted by Crippen LogP contribution is 2.33. The van der Waals surface area contributed by atoms with Crippen LogP contribution in [0.2, 0.25) is 10.0 Å². The minimum absolute atomic E-state index is 0.0451. The van der Waals surface area contributed by atoms with Gasteiger partial charge in [-0.2, -0.15) is 0 Å². The van der Waals surface area contributed by atoms with Crippen LogP contribution >= 0.6 is 33.9 Å². The number of rotatable bonds is 3. The lowest BCUT2D eigenvalue weighted by Crippen LogP contribution is -1.95. The van der Waals surface area contributed by atoms with Gasteiger partial charge in [-0.15, -0.1) is 0 Å². The summed E-state index contributed by atoms with van der Waals surface area (Å²) >= 11 is 11.9. The van der Waals surface area contributed by atoms with E-state index in [0.717, 1.165) is 0 Å². The van der Waals surface area contributed by atoms with Crippen LogP contribution in [-0.4, -0.2) is 8.42 Å². The van der Waals surface area contributed by atoms with Crippen molar-refractivity contribution in [1.82, 2.24) is 0 Å². The van der Waals surface area contributed by atoms with Crippen molar-refractivity contribution in [3.8, 4) is 11.5 Å². The zero-order chi connectivity index (χ0) is 14.9. The Balaban J connectivity index is 2.36. The van der Waals surface area contributed by atoms with Gasteiger partial charge in [0.2, 0.25) is 0 Å². The largest absolute Gasteiger partial charge is 0.456 e. The van der Waals surface area contributed by atoms with Crippen molar-refractivity contribution >= 4 is 42.9 Å². The van der Waals surface area contributed by atoms with Crippen molar-refractivity contribution in [3.63, 3.8) is 0 Å². The molecule has 0 fully saturated rings. The van der Waals surface area contributed by atoms with E-state index in [4.69, 9.17) is 38.6 Å². The molecule has 0 atom stereocenters. The fraction of sp³-hybridized carbons (Fsp3) is 0.0769. The van der Waals surface area contributed by atoms with E-state index in [1.54, 1.807) is 31.2 Å². The molecule has 0 saturated carbocycles. The van der Waals surface area contributed by atoms with Gasteiger partial charge in [-0.05, 0) is 42.8 Å². The molecular formula is C13H9Cl3O3S. The molecule has 0 aliphatic rings. The standard InChI is InChI=1S/C13H9Cl3O3S/c1-8-6-10(3-5-13(8)20(16,17)18)19-12-7-9(14)2-4-11(12)15/h2-7H,1H3. The third-order valence-corrected chi connectivity index (χ3v) is 4.56. The average molecular weight is 352 g/mol. The van der Waals surface area contributed by atoms with Gasteiger partial charge in [-0.3, -0.25) is 0 Å². The summed E-state index contributed by atoms with van der Waals surface area (Å²) in [5, 5.41) is 0.891. The van der Waals surface area contributed by atoms with Crippen LogP contribution in [0.4, 0.5) is 0 Å². The summed E-state index contributed by atoms with van der Waals surface area (Å²) in [6.07, 6.45) is 0. The van der Waals surface area contributed by atoms with Gasteiger partial charge in [0.15, 0.2) is 0 Å². The highest BCUT2D eigenvalue weighted by molar-refractivity contribution is 8.13. The molecule has 2 aromatic carbocycles. The van der Waals surface area contributed by atoms with Crippen LogP contribution < -0.4 is 4.74 Å². The van der Waals surface area contributed by atoms with Crippen molar-refractivity contribution in [2.45, 2.75) is 11.8 Å².